The van der Waals surface area contributed by atoms with Crippen molar-refractivity contribution in [3.8, 4) is 0 Å². The van der Waals surface area contributed by atoms with Crippen LogP contribution in [0.15, 0.2) is 24.3 Å². The predicted molar refractivity (Wildman–Crippen MR) is 109 cm³/mol. The molecule has 5 rings (SSSR count). The second-order valence-electron chi connectivity index (χ2n) is 9.10. The summed E-state index contributed by atoms with van der Waals surface area (Å²) in [5, 5.41) is 2.67. The maximum Gasteiger partial charge on any atom is 0.306 e. The topological polar surface area (TPSA) is 72.5 Å². The van der Waals surface area contributed by atoms with Gasteiger partial charge in [0.1, 0.15) is 0 Å². The van der Waals surface area contributed by atoms with Crippen LogP contribution >= 0.6 is 15.9 Å². The van der Waals surface area contributed by atoms with E-state index in [-0.39, 0.29) is 28.1 Å². The molecule has 0 aliphatic heterocycles. The van der Waals surface area contributed by atoms with Gasteiger partial charge in [0.05, 0.1) is 12.1 Å². The number of alkyl halides is 1. The highest BCUT2D eigenvalue weighted by atomic mass is 79.9. The minimum atomic E-state index is -0.426. The Bertz CT molecular complexity index is 807. The second kappa shape index (κ2) is 7.29. The minimum absolute atomic E-state index is 0.0301. The van der Waals surface area contributed by atoms with E-state index < -0.39 is 5.91 Å². The van der Waals surface area contributed by atoms with Crippen molar-refractivity contribution in [1.29, 1.82) is 0 Å². The number of hydrogen-bond donors (Lipinski definition) is 1. The first-order chi connectivity index (χ1) is 13.3. The summed E-state index contributed by atoms with van der Waals surface area (Å²) in [6.07, 6.45) is 7.36. The fourth-order valence-corrected chi connectivity index (χ4v) is 7.64. The number of hydrogen-bond acceptors (Lipinski definition) is 4. The average Bonchev–Trinajstić information content (AvgIpc) is 2.57. The lowest BCUT2D eigenvalue weighted by Gasteiger charge is -2.60. The first kappa shape index (κ1) is 19.6. The van der Waals surface area contributed by atoms with Crippen LogP contribution in [0.3, 0.4) is 0 Å². The number of Topliss-reactive ketones (excluding diaryl/α,β-unsaturated/α-hetero) is 1. The first-order valence-electron chi connectivity index (χ1n) is 10.0. The summed E-state index contributed by atoms with van der Waals surface area (Å²) in [5.41, 5.74) is 0.916. The number of rotatable bonds is 6. The number of nitrogens with one attached hydrogen (secondary N) is 1. The van der Waals surface area contributed by atoms with Gasteiger partial charge >= 0.3 is 5.97 Å². The molecule has 0 heterocycles. The number of benzene rings is 1. The number of amides is 1. The lowest BCUT2D eigenvalue weighted by molar-refractivity contribution is -0.153. The van der Waals surface area contributed by atoms with E-state index >= 15 is 0 Å². The van der Waals surface area contributed by atoms with Crippen molar-refractivity contribution in [3.05, 3.63) is 29.8 Å². The third-order valence-electron chi connectivity index (χ3n) is 6.57. The summed E-state index contributed by atoms with van der Waals surface area (Å²) >= 11 is 3.96. The van der Waals surface area contributed by atoms with Gasteiger partial charge in [-0.05, 0) is 74.8 Å². The van der Waals surface area contributed by atoms with Gasteiger partial charge in [-0.1, -0.05) is 28.1 Å². The average molecular weight is 448 g/mol. The van der Waals surface area contributed by atoms with Gasteiger partial charge in [-0.25, -0.2) is 0 Å². The number of carbonyl (C=O) groups excluding carboxylic acids is 3. The smallest absolute Gasteiger partial charge is 0.306 e. The molecule has 2 atom stereocenters. The van der Waals surface area contributed by atoms with E-state index in [0.29, 0.717) is 29.5 Å². The van der Waals surface area contributed by atoms with Crippen molar-refractivity contribution in [2.24, 2.45) is 17.3 Å². The van der Waals surface area contributed by atoms with E-state index in [4.69, 9.17) is 4.74 Å². The van der Waals surface area contributed by atoms with Crippen molar-refractivity contribution < 1.29 is 19.1 Å². The minimum Gasteiger partial charge on any atom is -0.456 e. The largest absolute Gasteiger partial charge is 0.456 e. The number of halogens is 1. The van der Waals surface area contributed by atoms with Gasteiger partial charge in [-0.15, -0.1) is 0 Å². The summed E-state index contributed by atoms with van der Waals surface area (Å²) in [4.78, 5) is 36.3. The number of para-hydroxylation sites is 1. The predicted octanol–water partition coefficient (Wildman–Crippen LogP) is 4.49. The summed E-state index contributed by atoms with van der Waals surface area (Å²) in [6.45, 7) is 1.13. The molecule has 4 bridgehead atoms. The van der Waals surface area contributed by atoms with E-state index in [1.54, 1.807) is 24.3 Å². The van der Waals surface area contributed by atoms with Crippen molar-refractivity contribution in [1.82, 2.24) is 0 Å². The monoisotopic (exact) mass is 447 g/mol. The Kier molecular flexibility index (Phi) is 5.10. The van der Waals surface area contributed by atoms with Crippen LogP contribution in [0.1, 0.15) is 62.2 Å². The molecule has 4 saturated carbocycles. The lowest BCUT2D eigenvalue weighted by atomic mass is 9.49. The molecule has 4 aliphatic rings. The number of carbonyl (C=O) groups is 3. The zero-order valence-corrected chi connectivity index (χ0v) is 17.7. The second-order valence-corrected chi connectivity index (χ2v) is 10.8. The molecular weight excluding hydrogens is 422 g/mol. The van der Waals surface area contributed by atoms with Gasteiger partial charge in [-0.3, -0.25) is 14.4 Å². The van der Waals surface area contributed by atoms with Crippen LogP contribution < -0.4 is 5.32 Å². The SMILES string of the molecule is CC(=O)c1ccccc1NC(=O)COC(=O)CC12CC3CC(CC(Br)(C3)C1)C2. The highest BCUT2D eigenvalue weighted by molar-refractivity contribution is 9.10. The van der Waals surface area contributed by atoms with Crippen LogP contribution in [0.5, 0.6) is 0 Å². The molecule has 5 nitrogen and oxygen atoms in total. The molecule has 1 amide bonds. The van der Waals surface area contributed by atoms with Crippen molar-refractivity contribution in [3.63, 3.8) is 0 Å². The summed E-state index contributed by atoms with van der Waals surface area (Å²) in [7, 11) is 0. The van der Waals surface area contributed by atoms with Gasteiger partial charge < -0.3 is 10.1 Å². The van der Waals surface area contributed by atoms with E-state index in [1.165, 1.54) is 26.2 Å². The maximum atomic E-state index is 12.5. The molecule has 2 unspecified atom stereocenters. The number of esters is 1. The normalized spacial score (nSPS) is 32.8. The molecule has 150 valence electrons. The molecule has 1 aromatic carbocycles. The standard InChI is InChI=1S/C22H26BrNO4/c1-14(25)17-4-2-3-5-18(17)24-19(26)12-28-20(27)11-21-7-15-6-16(8-21)10-22(23,9-15)13-21/h2-5,15-16H,6-13H2,1H3,(H,24,26). The van der Waals surface area contributed by atoms with E-state index in [0.717, 1.165) is 19.3 Å². The molecule has 1 aromatic rings. The van der Waals surface area contributed by atoms with Crippen LogP contribution in [-0.4, -0.2) is 28.6 Å². The Morgan fingerprint density at radius 1 is 1.14 bits per heavy atom. The Labute approximate surface area is 173 Å². The lowest BCUT2D eigenvalue weighted by Crippen LogP contribution is -2.53. The Morgan fingerprint density at radius 2 is 1.82 bits per heavy atom. The van der Waals surface area contributed by atoms with Gasteiger partial charge in [0.15, 0.2) is 12.4 Å². The molecule has 0 saturated heterocycles. The van der Waals surface area contributed by atoms with Crippen molar-refractivity contribution in [2.75, 3.05) is 11.9 Å². The van der Waals surface area contributed by atoms with Crippen LogP contribution in [0.2, 0.25) is 0 Å². The van der Waals surface area contributed by atoms with Crippen LogP contribution in [0, 0.1) is 17.3 Å². The Morgan fingerprint density at radius 3 is 2.46 bits per heavy atom. The van der Waals surface area contributed by atoms with Gasteiger partial charge in [0.2, 0.25) is 0 Å². The molecule has 4 fully saturated rings. The summed E-state index contributed by atoms with van der Waals surface area (Å²) < 4.78 is 5.50. The van der Waals surface area contributed by atoms with Crippen molar-refractivity contribution >= 4 is 39.3 Å². The number of ketones is 1. The van der Waals surface area contributed by atoms with Gasteiger partial charge in [0.25, 0.3) is 5.91 Å². The van der Waals surface area contributed by atoms with Crippen LogP contribution in [-0.2, 0) is 14.3 Å². The molecule has 0 aromatic heterocycles. The Hall–Kier alpha value is -1.69. The van der Waals surface area contributed by atoms with Gasteiger partial charge in [-0.2, -0.15) is 0 Å². The van der Waals surface area contributed by atoms with Crippen LogP contribution in [0.25, 0.3) is 0 Å². The highest BCUT2D eigenvalue weighted by Crippen LogP contribution is 2.65. The molecule has 0 radical (unpaired) electrons. The Balaban J connectivity index is 1.32. The third kappa shape index (κ3) is 4.02. The molecule has 1 N–H and O–H groups in total. The van der Waals surface area contributed by atoms with E-state index in [9.17, 15) is 14.4 Å². The van der Waals surface area contributed by atoms with Gasteiger partial charge in [0, 0.05) is 9.89 Å². The third-order valence-corrected chi connectivity index (χ3v) is 7.50. The molecule has 0 spiro atoms. The molecular formula is C22H26BrNO4. The van der Waals surface area contributed by atoms with E-state index in [1.807, 2.05) is 0 Å². The quantitative estimate of drug-likeness (QED) is 0.395. The molecule has 6 heteroatoms. The van der Waals surface area contributed by atoms with Crippen molar-refractivity contribution in [2.45, 2.75) is 56.2 Å². The summed E-state index contributed by atoms with van der Waals surface area (Å²) in [5.74, 6) is 0.565. The van der Waals surface area contributed by atoms with Crippen LogP contribution in [0.4, 0.5) is 5.69 Å². The summed E-state index contributed by atoms with van der Waals surface area (Å²) in [6, 6.07) is 6.82. The fraction of sp³-hybridized carbons (Fsp3) is 0.591. The fourth-order valence-electron chi connectivity index (χ4n) is 6.13. The number of ether oxygens (including phenoxy) is 1. The molecule has 4 aliphatic carbocycles. The zero-order valence-electron chi connectivity index (χ0n) is 16.1. The maximum absolute atomic E-state index is 12.5. The molecule has 28 heavy (non-hydrogen) atoms. The zero-order chi connectivity index (χ0) is 19.9. The first-order valence-corrected chi connectivity index (χ1v) is 10.8. The number of anilines is 1. The highest BCUT2D eigenvalue weighted by Gasteiger charge is 2.57. The van der Waals surface area contributed by atoms with E-state index in [2.05, 4.69) is 21.2 Å².